The molecule has 5 amide bonds. The molecule has 0 bridgehead atoms. The highest BCUT2D eigenvalue weighted by molar-refractivity contribution is 5.99. The number of hydrogen-bond donors (Lipinski definition) is 6. The van der Waals surface area contributed by atoms with Crippen LogP contribution in [0.1, 0.15) is 49.5 Å². The van der Waals surface area contributed by atoms with Gasteiger partial charge in [-0.15, -0.1) is 0 Å². The third-order valence-electron chi connectivity index (χ3n) is 7.97. The Morgan fingerprint density at radius 2 is 1.31 bits per heavy atom. The fourth-order valence-electron chi connectivity index (χ4n) is 5.06. The van der Waals surface area contributed by atoms with E-state index in [-0.39, 0.29) is 17.8 Å². The summed E-state index contributed by atoms with van der Waals surface area (Å²) in [4.78, 5) is 64.3. The molecule has 0 aromatic heterocycles. The van der Waals surface area contributed by atoms with Gasteiger partial charge < -0.3 is 32.1 Å². The molecular formula is C36H41F4N5O6. The SMILES string of the molecule is CC(NC(=O)C(Cc1ccccc1)NC(=O)C(NC(=O)c1ccc(-c2ccc(F)cc2)cc1)C(C)C)C(=O)NC(CCC(N)=O)C(O)C(F)(F)F. The maximum absolute atomic E-state index is 13.6. The van der Waals surface area contributed by atoms with Crippen LogP contribution in [-0.4, -0.2) is 71.1 Å². The molecule has 0 saturated heterocycles. The number of nitrogens with two attached hydrogens (primary N) is 1. The number of rotatable bonds is 16. The Balaban J connectivity index is 1.74. The van der Waals surface area contributed by atoms with Crippen molar-refractivity contribution in [2.75, 3.05) is 0 Å². The predicted molar refractivity (Wildman–Crippen MR) is 180 cm³/mol. The second kappa shape index (κ2) is 18.1. The van der Waals surface area contributed by atoms with Crippen LogP contribution in [0.3, 0.4) is 0 Å². The van der Waals surface area contributed by atoms with Crippen molar-refractivity contribution in [3.8, 4) is 11.1 Å². The number of halogens is 4. The van der Waals surface area contributed by atoms with Crippen molar-refractivity contribution in [1.82, 2.24) is 21.3 Å². The molecule has 51 heavy (non-hydrogen) atoms. The lowest BCUT2D eigenvalue weighted by Gasteiger charge is -2.28. The summed E-state index contributed by atoms with van der Waals surface area (Å²) in [6.45, 7) is 4.56. The number of hydrogen-bond acceptors (Lipinski definition) is 6. The van der Waals surface area contributed by atoms with E-state index in [1.807, 2.05) is 5.32 Å². The lowest BCUT2D eigenvalue weighted by atomic mass is 9.99. The minimum atomic E-state index is -5.12. The van der Waals surface area contributed by atoms with Gasteiger partial charge in [-0.05, 0) is 60.2 Å². The normalized spacial score (nSPS) is 14.4. The monoisotopic (exact) mass is 715 g/mol. The van der Waals surface area contributed by atoms with Gasteiger partial charge in [0.2, 0.25) is 23.6 Å². The molecule has 0 fully saturated rings. The highest BCUT2D eigenvalue weighted by Crippen LogP contribution is 2.24. The molecule has 0 radical (unpaired) electrons. The standard InChI is InChI=1S/C36H41F4N5O6/c1-20(2)30(45-33(49)25-11-9-23(10-12-25)24-13-15-26(37)16-14-24)35(51)44-28(19-22-7-5-4-6-8-22)34(50)42-21(3)32(48)43-27(17-18-29(41)46)31(47)36(38,39)40/h4-16,20-21,27-28,30-31,47H,17-19H2,1-3H3,(H2,41,46)(H,42,50)(H,43,48)(H,44,51)(H,45,49). The second-order valence-corrected chi connectivity index (χ2v) is 12.4. The van der Waals surface area contributed by atoms with E-state index >= 15 is 0 Å². The number of alkyl halides is 3. The van der Waals surface area contributed by atoms with Gasteiger partial charge in [-0.1, -0.05) is 68.4 Å². The summed E-state index contributed by atoms with van der Waals surface area (Å²) in [5, 5.41) is 19.5. The van der Waals surface area contributed by atoms with Gasteiger partial charge in [0, 0.05) is 18.4 Å². The van der Waals surface area contributed by atoms with E-state index in [2.05, 4.69) is 16.0 Å². The molecule has 0 aliphatic carbocycles. The van der Waals surface area contributed by atoms with Crippen molar-refractivity contribution < 1.29 is 46.6 Å². The Kier molecular flexibility index (Phi) is 14.2. The van der Waals surface area contributed by atoms with E-state index in [9.17, 15) is 46.6 Å². The van der Waals surface area contributed by atoms with Crippen LogP contribution < -0.4 is 27.0 Å². The molecule has 0 heterocycles. The number of aliphatic hydroxyl groups is 1. The Morgan fingerprint density at radius 1 is 0.745 bits per heavy atom. The minimum absolute atomic E-state index is 0.0512. The molecule has 3 aromatic carbocycles. The lowest BCUT2D eigenvalue weighted by molar-refractivity contribution is -0.212. The van der Waals surface area contributed by atoms with Crippen LogP contribution in [0.2, 0.25) is 0 Å². The number of carbonyl (C=O) groups is 5. The smallest absolute Gasteiger partial charge is 0.382 e. The third kappa shape index (κ3) is 12.2. The summed E-state index contributed by atoms with van der Waals surface area (Å²) in [5.74, 6) is -5.02. The summed E-state index contributed by atoms with van der Waals surface area (Å²) < 4.78 is 53.0. The van der Waals surface area contributed by atoms with Crippen molar-refractivity contribution in [2.45, 2.75) is 76.5 Å². The highest BCUT2D eigenvalue weighted by Gasteiger charge is 2.44. The fraction of sp³-hybridized carbons (Fsp3) is 0.361. The van der Waals surface area contributed by atoms with Crippen molar-refractivity contribution in [2.24, 2.45) is 11.7 Å². The molecule has 0 aliphatic rings. The van der Waals surface area contributed by atoms with E-state index in [1.54, 1.807) is 80.6 Å². The molecule has 5 atom stereocenters. The maximum Gasteiger partial charge on any atom is 0.416 e. The molecule has 0 spiro atoms. The zero-order valence-electron chi connectivity index (χ0n) is 28.2. The third-order valence-corrected chi connectivity index (χ3v) is 7.97. The van der Waals surface area contributed by atoms with Crippen LogP contribution >= 0.6 is 0 Å². The van der Waals surface area contributed by atoms with Gasteiger partial charge in [-0.3, -0.25) is 24.0 Å². The molecular weight excluding hydrogens is 674 g/mol. The average molecular weight is 716 g/mol. The fourth-order valence-corrected chi connectivity index (χ4v) is 5.06. The molecule has 7 N–H and O–H groups in total. The number of benzene rings is 3. The summed E-state index contributed by atoms with van der Waals surface area (Å²) in [6, 6.07) is 15.0. The molecule has 3 aromatic rings. The number of carbonyl (C=O) groups excluding carboxylic acids is 5. The van der Waals surface area contributed by atoms with Gasteiger partial charge in [-0.25, -0.2) is 4.39 Å². The first-order valence-corrected chi connectivity index (χ1v) is 16.1. The molecule has 5 unspecified atom stereocenters. The van der Waals surface area contributed by atoms with Crippen LogP contribution in [0.25, 0.3) is 11.1 Å². The largest absolute Gasteiger partial charge is 0.416 e. The van der Waals surface area contributed by atoms with Crippen LogP contribution in [-0.2, 0) is 25.6 Å². The van der Waals surface area contributed by atoms with Crippen LogP contribution in [0, 0.1) is 11.7 Å². The van der Waals surface area contributed by atoms with Crippen LogP contribution in [0.4, 0.5) is 17.6 Å². The Labute approximate surface area is 292 Å². The molecule has 15 heteroatoms. The summed E-state index contributed by atoms with van der Waals surface area (Å²) in [7, 11) is 0. The van der Waals surface area contributed by atoms with E-state index in [4.69, 9.17) is 5.73 Å². The Hall–Kier alpha value is -5.31. The van der Waals surface area contributed by atoms with Crippen LogP contribution in [0.15, 0.2) is 78.9 Å². The second-order valence-electron chi connectivity index (χ2n) is 12.4. The summed E-state index contributed by atoms with van der Waals surface area (Å²) in [6.07, 6.45) is -9.35. The van der Waals surface area contributed by atoms with E-state index in [1.165, 1.54) is 19.1 Å². The summed E-state index contributed by atoms with van der Waals surface area (Å²) >= 11 is 0. The Morgan fingerprint density at radius 3 is 1.84 bits per heavy atom. The number of nitrogens with one attached hydrogen (secondary N) is 4. The first-order valence-electron chi connectivity index (χ1n) is 16.1. The first kappa shape index (κ1) is 40.1. The van der Waals surface area contributed by atoms with Gasteiger partial charge in [0.05, 0.1) is 6.04 Å². The van der Waals surface area contributed by atoms with Gasteiger partial charge >= 0.3 is 6.18 Å². The molecule has 0 aliphatic heterocycles. The first-order chi connectivity index (χ1) is 24.0. The minimum Gasteiger partial charge on any atom is -0.382 e. The van der Waals surface area contributed by atoms with Gasteiger partial charge in [0.25, 0.3) is 5.91 Å². The number of amides is 5. The molecule has 11 nitrogen and oxygen atoms in total. The van der Waals surface area contributed by atoms with Crippen molar-refractivity contribution >= 4 is 29.5 Å². The van der Waals surface area contributed by atoms with Crippen LogP contribution in [0.5, 0.6) is 0 Å². The average Bonchev–Trinajstić information content (AvgIpc) is 3.08. The maximum atomic E-state index is 13.6. The topological polar surface area (TPSA) is 180 Å². The Bertz CT molecular complexity index is 1650. The number of primary amides is 1. The number of aliphatic hydroxyl groups excluding tert-OH is 1. The van der Waals surface area contributed by atoms with E-state index < -0.39 is 84.7 Å². The van der Waals surface area contributed by atoms with Gasteiger partial charge in [0.15, 0.2) is 6.10 Å². The van der Waals surface area contributed by atoms with Crippen molar-refractivity contribution in [3.63, 3.8) is 0 Å². The quantitative estimate of drug-likeness (QED) is 0.124. The van der Waals surface area contributed by atoms with Crippen molar-refractivity contribution in [3.05, 3.63) is 95.8 Å². The highest BCUT2D eigenvalue weighted by atomic mass is 19.4. The molecule has 3 rings (SSSR count). The van der Waals surface area contributed by atoms with Gasteiger partial charge in [0.1, 0.15) is 23.9 Å². The predicted octanol–water partition coefficient (Wildman–Crippen LogP) is 3.15. The molecule has 0 saturated carbocycles. The summed E-state index contributed by atoms with van der Waals surface area (Å²) in [5.41, 5.74) is 7.37. The zero-order chi connectivity index (χ0) is 37.9. The lowest BCUT2D eigenvalue weighted by Crippen LogP contribution is -2.59. The van der Waals surface area contributed by atoms with Crippen molar-refractivity contribution in [1.29, 1.82) is 0 Å². The zero-order valence-corrected chi connectivity index (χ0v) is 28.2. The van der Waals surface area contributed by atoms with E-state index in [0.29, 0.717) is 5.56 Å². The van der Waals surface area contributed by atoms with Gasteiger partial charge in [-0.2, -0.15) is 13.2 Å². The van der Waals surface area contributed by atoms with E-state index in [0.717, 1.165) is 11.1 Å². The molecule has 274 valence electrons.